The smallest absolute Gasteiger partial charge is 0.347 e. The normalized spacial score (nSPS) is 31.1. The van der Waals surface area contributed by atoms with Crippen molar-refractivity contribution in [2.75, 3.05) is 13.2 Å². The number of aromatic nitrogens is 3. The number of epoxide rings is 1. The summed E-state index contributed by atoms with van der Waals surface area (Å²) in [4.78, 5) is 30.2. The molecule has 2 fully saturated rings. The average molecular weight is 436 g/mol. The van der Waals surface area contributed by atoms with Crippen molar-refractivity contribution in [3.8, 4) is 0 Å². The number of rotatable bonds is 7. The molecule has 1 saturated carbocycles. The zero-order valence-corrected chi connectivity index (χ0v) is 16.9. The highest BCUT2D eigenvalue weighted by atomic mass is 16.6. The van der Waals surface area contributed by atoms with Gasteiger partial charge in [0.05, 0.1) is 24.6 Å². The molecule has 2 aliphatic heterocycles. The fourth-order valence-corrected chi connectivity index (χ4v) is 4.49. The Bertz CT molecular complexity index is 1080. The van der Waals surface area contributed by atoms with Gasteiger partial charge in [0.25, 0.3) is 0 Å². The lowest BCUT2D eigenvalue weighted by molar-refractivity contribution is -0.0264. The van der Waals surface area contributed by atoms with Gasteiger partial charge in [0.2, 0.25) is 0 Å². The van der Waals surface area contributed by atoms with Crippen LogP contribution in [0.1, 0.15) is 18.2 Å². The molecule has 1 saturated heterocycles. The Hall–Kier alpha value is -2.67. The minimum absolute atomic E-state index is 0.0462. The highest BCUT2D eigenvalue weighted by molar-refractivity contribution is 5.94. The molecule has 2 aromatic heterocycles. The molecule has 4 heterocycles. The lowest BCUT2D eigenvalue weighted by Gasteiger charge is -2.38. The summed E-state index contributed by atoms with van der Waals surface area (Å²) in [6.07, 6.45) is -0.659. The number of fused-ring (bicyclic) bond motifs is 4. The minimum atomic E-state index is -0.930. The van der Waals surface area contributed by atoms with E-state index in [4.69, 9.17) is 18.7 Å². The molecule has 0 amide bonds. The zero-order chi connectivity index (χ0) is 21.7. The molecule has 2 N–H and O–H groups in total. The lowest BCUT2D eigenvalue weighted by atomic mass is 9.78. The second kappa shape index (κ2) is 7.79. The number of aliphatic hydroxyl groups excluding tert-OH is 2. The first-order valence-electron chi connectivity index (χ1n) is 10.2. The molecule has 0 unspecified atom stereocenters. The average Bonchev–Trinajstić information content (AvgIpc) is 3.34. The molecule has 2 aromatic rings. The summed E-state index contributed by atoms with van der Waals surface area (Å²) in [7, 11) is 1.41. The topological polar surface area (TPSA) is 146 Å². The van der Waals surface area contributed by atoms with Crippen molar-refractivity contribution in [3.63, 3.8) is 0 Å². The first-order valence-corrected chi connectivity index (χ1v) is 10.2. The first kappa shape index (κ1) is 20.2. The van der Waals surface area contributed by atoms with E-state index in [1.54, 1.807) is 18.4 Å². The fourth-order valence-electron chi connectivity index (χ4n) is 4.49. The standard InChI is InChI=1S/C19H24N4O8/c1-21-18(26)22-5-4-12-13(16-17(31-16)15(25)14(12)23(22)19(21)27)20-30-8-10(24)7-28-9-11-3-2-6-29-11/h2-3,6,10,12,14-17,24-25H,4-5,7-9H2,1H3/t10-,12+,14+,15-,16+,17-/m0/s1. The SMILES string of the molecule is Cn1c(=O)n2n(c1=O)[C@H]1[C@H](O)[C@@H]3O[C@@H]3C(=NOC[C@@H](O)COCc3ccco3)[C@H]1CC2. The maximum atomic E-state index is 12.6. The number of furan rings is 1. The van der Waals surface area contributed by atoms with Gasteiger partial charge in [-0.3, -0.25) is 0 Å². The van der Waals surface area contributed by atoms with E-state index in [9.17, 15) is 19.8 Å². The van der Waals surface area contributed by atoms with Crippen LogP contribution in [0, 0.1) is 5.92 Å². The van der Waals surface area contributed by atoms with E-state index in [1.165, 1.54) is 16.4 Å². The Morgan fingerprint density at radius 1 is 1.32 bits per heavy atom. The van der Waals surface area contributed by atoms with Gasteiger partial charge in [0.1, 0.15) is 43.4 Å². The van der Waals surface area contributed by atoms with Crippen LogP contribution in [0.5, 0.6) is 0 Å². The van der Waals surface area contributed by atoms with Gasteiger partial charge >= 0.3 is 11.4 Å². The van der Waals surface area contributed by atoms with Crippen molar-refractivity contribution in [3.05, 3.63) is 45.1 Å². The van der Waals surface area contributed by atoms with E-state index in [0.717, 1.165) is 4.57 Å². The molecule has 3 aliphatic rings. The molecule has 168 valence electrons. The maximum Gasteiger partial charge on any atom is 0.347 e. The number of aliphatic hydroxyl groups is 2. The van der Waals surface area contributed by atoms with Crippen molar-refractivity contribution in [2.24, 2.45) is 18.1 Å². The second-order valence-corrected chi connectivity index (χ2v) is 8.05. The van der Waals surface area contributed by atoms with Gasteiger partial charge < -0.3 is 28.9 Å². The number of oxime groups is 1. The van der Waals surface area contributed by atoms with Crippen molar-refractivity contribution in [1.29, 1.82) is 0 Å². The number of hydrogen-bond acceptors (Lipinski definition) is 9. The van der Waals surface area contributed by atoms with E-state index < -0.39 is 35.7 Å². The summed E-state index contributed by atoms with van der Waals surface area (Å²) in [5.74, 6) is 0.342. The molecule has 6 atom stereocenters. The van der Waals surface area contributed by atoms with Gasteiger partial charge in [-0.1, -0.05) is 5.16 Å². The summed E-state index contributed by atoms with van der Waals surface area (Å²) in [5.41, 5.74) is -0.317. The predicted molar refractivity (Wildman–Crippen MR) is 104 cm³/mol. The second-order valence-electron chi connectivity index (χ2n) is 8.05. The summed E-state index contributed by atoms with van der Waals surface area (Å²) in [6, 6.07) is 2.86. The Balaban J connectivity index is 1.26. The van der Waals surface area contributed by atoms with Crippen LogP contribution in [-0.2, 0) is 34.5 Å². The molecule has 0 bridgehead atoms. The van der Waals surface area contributed by atoms with Crippen LogP contribution in [0.25, 0.3) is 0 Å². The number of hydrogen-bond donors (Lipinski definition) is 2. The summed E-state index contributed by atoms with van der Waals surface area (Å²) < 4.78 is 19.8. The van der Waals surface area contributed by atoms with Crippen LogP contribution in [0.4, 0.5) is 0 Å². The zero-order valence-electron chi connectivity index (χ0n) is 16.9. The Morgan fingerprint density at radius 2 is 2.16 bits per heavy atom. The van der Waals surface area contributed by atoms with Gasteiger partial charge in [-0.05, 0) is 18.6 Å². The highest BCUT2D eigenvalue weighted by Crippen LogP contribution is 2.46. The molecule has 0 spiro atoms. The molecule has 0 radical (unpaired) electrons. The Labute approximate surface area is 175 Å². The van der Waals surface area contributed by atoms with Crippen molar-refractivity contribution in [1.82, 2.24) is 13.9 Å². The van der Waals surface area contributed by atoms with Crippen LogP contribution in [-0.4, -0.2) is 67.5 Å². The van der Waals surface area contributed by atoms with Crippen molar-refractivity contribution < 1.29 is 28.9 Å². The van der Waals surface area contributed by atoms with Crippen molar-refractivity contribution in [2.45, 2.75) is 50.0 Å². The fraction of sp³-hybridized carbons (Fsp3) is 0.632. The van der Waals surface area contributed by atoms with E-state index in [2.05, 4.69) is 5.16 Å². The van der Waals surface area contributed by atoms with Crippen LogP contribution < -0.4 is 11.4 Å². The van der Waals surface area contributed by atoms with Crippen LogP contribution in [0.2, 0.25) is 0 Å². The van der Waals surface area contributed by atoms with Crippen LogP contribution in [0.3, 0.4) is 0 Å². The summed E-state index contributed by atoms with van der Waals surface area (Å²) >= 11 is 0. The van der Waals surface area contributed by atoms with Gasteiger partial charge in [0, 0.05) is 19.5 Å². The Morgan fingerprint density at radius 3 is 2.94 bits per heavy atom. The van der Waals surface area contributed by atoms with Gasteiger partial charge in [-0.2, -0.15) is 0 Å². The van der Waals surface area contributed by atoms with E-state index in [0.29, 0.717) is 24.4 Å². The largest absolute Gasteiger partial charge is 0.467 e. The van der Waals surface area contributed by atoms with E-state index in [-0.39, 0.29) is 31.8 Å². The first-order chi connectivity index (χ1) is 15.0. The Kier molecular flexibility index (Phi) is 5.08. The third kappa shape index (κ3) is 3.45. The van der Waals surface area contributed by atoms with Gasteiger partial charge in [0.15, 0.2) is 0 Å². The highest BCUT2D eigenvalue weighted by Gasteiger charge is 2.61. The van der Waals surface area contributed by atoms with E-state index >= 15 is 0 Å². The molecule has 12 heteroatoms. The van der Waals surface area contributed by atoms with Crippen molar-refractivity contribution >= 4 is 5.71 Å². The predicted octanol–water partition coefficient (Wildman–Crippen LogP) is -1.41. The molecule has 31 heavy (non-hydrogen) atoms. The third-order valence-corrected chi connectivity index (χ3v) is 6.05. The number of nitrogens with zero attached hydrogens (tertiary/aromatic N) is 4. The monoisotopic (exact) mass is 436 g/mol. The van der Waals surface area contributed by atoms with Crippen LogP contribution >= 0.6 is 0 Å². The van der Waals surface area contributed by atoms with Crippen LogP contribution in [0.15, 0.2) is 37.6 Å². The van der Waals surface area contributed by atoms with Gasteiger partial charge in [-0.25, -0.2) is 23.5 Å². The molecular weight excluding hydrogens is 412 g/mol. The summed E-state index contributed by atoms with van der Waals surface area (Å²) in [5, 5.41) is 25.0. The summed E-state index contributed by atoms with van der Waals surface area (Å²) in [6.45, 7) is 0.521. The molecule has 12 nitrogen and oxygen atoms in total. The molecular formula is C19H24N4O8. The van der Waals surface area contributed by atoms with E-state index in [1.807, 2.05) is 0 Å². The molecule has 1 aliphatic carbocycles. The maximum absolute atomic E-state index is 12.6. The number of ether oxygens (including phenoxy) is 2. The molecule has 5 rings (SSSR count). The minimum Gasteiger partial charge on any atom is -0.467 e. The lowest BCUT2D eigenvalue weighted by Crippen LogP contribution is -2.53. The molecule has 0 aromatic carbocycles. The van der Waals surface area contributed by atoms with Gasteiger partial charge in [-0.15, -0.1) is 0 Å². The third-order valence-electron chi connectivity index (χ3n) is 6.05. The quantitative estimate of drug-likeness (QED) is 0.398.